The van der Waals surface area contributed by atoms with Crippen LogP contribution in [0.2, 0.25) is 5.02 Å². The van der Waals surface area contributed by atoms with Crippen molar-refractivity contribution in [1.29, 1.82) is 0 Å². The lowest BCUT2D eigenvalue weighted by molar-refractivity contribution is -0.125. The lowest BCUT2D eigenvalue weighted by atomic mass is 9.97. The summed E-state index contributed by atoms with van der Waals surface area (Å²) in [6.07, 6.45) is 3.63. The Labute approximate surface area is 179 Å². The number of anilines is 1. The fraction of sp³-hybridized carbons (Fsp3) is 0.381. The number of hydrogen-bond donors (Lipinski definition) is 1. The number of fused-ring (bicyclic) bond motifs is 1. The molecule has 3 aromatic rings. The number of halogens is 1. The van der Waals surface area contributed by atoms with Crippen LogP contribution < -0.4 is 19.7 Å². The topological polar surface area (TPSA) is 81.0 Å². The van der Waals surface area contributed by atoms with Gasteiger partial charge in [-0.05, 0) is 42.7 Å². The van der Waals surface area contributed by atoms with Gasteiger partial charge in [-0.1, -0.05) is 17.7 Å². The number of rotatable bonds is 6. The van der Waals surface area contributed by atoms with Crippen LogP contribution in [-0.2, 0) is 11.3 Å². The molecule has 4 rings (SSSR count). The molecule has 0 radical (unpaired) electrons. The molecule has 0 saturated carbocycles. The molecule has 1 unspecified atom stereocenters. The molecular formula is C21H24ClN5O3. The molecule has 1 aliphatic rings. The van der Waals surface area contributed by atoms with Crippen LogP contribution in [0.4, 0.5) is 5.95 Å². The highest BCUT2D eigenvalue weighted by atomic mass is 35.5. The van der Waals surface area contributed by atoms with E-state index < -0.39 is 0 Å². The summed E-state index contributed by atoms with van der Waals surface area (Å²) < 4.78 is 12.5. The summed E-state index contributed by atoms with van der Waals surface area (Å²) in [6, 6.07) is 9.28. The minimum Gasteiger partial charge on any atom is -0.493 e. The van der Waals surface area contributed by atoms with Crippen LogP contribution in [0, 0.1) is 5.92 Å². The first-order valence-electron chi connectivity index (χ1n) is 9.83. The number of pyridine rings is 1. The van der Waals surface area contributed by atoms with Crippen LogP contribution in [0.5, 0.6) is 11.5 Å². The molecule has 0 spiro atoms. The highest BCUT2D eigenvalue weighted by Gasteiger charge is 2.28. The largest absolute Gasteiger partial charge is 0.493 e. The van der Waals surface area contributed by atoms with Gasteiger partial charge < -0.3 is 19.7 Å². The maximum Gasteiger partial charge on any atom is 0.231 e. The van der Waals surface area contributed by atoms with Gasteiger partial charge in [0, 0.05) is 25.8 Å². The van der Waals surface area contributed by atoms with Crippen molar-refractivity contribution in [2.24, 2.45) is 5.92 Å². The second-order valence-electron chi connectivity index (χ2n) is 7.24. The average molecular weight is 430 g/mol. The molecule has 1 fully saturated rings. The maximum absolute atomic E-state index is 12.8. The van der Waals surface area contributed by atoms with Crippen molar-refractivity contribution in [3.8, 4) is 11.5 Å². The summed E-state index contributed by atoms with van der Waals surface area (Å²) in [6.45, 7) is 1.84. The summed E-state index contributed by atoms with van der Waals surface area (Å²) in [5.74, 6) is 1.93. The standard InChI is InChI=1S/C21H24ClN5O3/c1-29-17-8-7-14(11-18(17)30-2)12-23-20(28)15-5-3-9-26(13-15)21-25-24-19-16(22)6-4-10-27(19)21/h4,6-8,10-11,15H,3,5,9,12-13H2,1-2H3,(H,23,28). The number of carbonyl (C=O) groups excluding carboxylic acids is 1. The molecule has 0 aliphatic carbocycles. The van der Waals surface area contributed by atoms with Gasteiger partial charge in [0.05, 0.1) is 25.2 Å². The zero-order valence-corrected chi connectivity index (χ0v) is 17.7. The van der Waals surface area contributed by atoms with Crippen molar-refractivity contribution in [2.75, 3.05) is 32.2 Å². The molecule has 2 aromatic heterocycles. The number of aromatic nitrogens is 3. The van der Waals surface area contributed by atoms with Crippen molar-refractivity contribution >= 4 is 29.1 Å². The third kappa shape index (κ3) is 4.00. The maximum atomic E-state index is 12.8. The number of ether oxygens (including phenoxy) is 2. The Morgan fingerprint density at radius 1 is 1.23 bits per heavy atom. The molecule has 1 N–H and O–H groups in total. The fourth-order valence-corrected chi connectivity index (χ4v) is 3.99. The van der Waals surface area contributed by atoms with E-state index in [2.05, 4.69) is 20.4 Å². The Morgan fingerprint density at radius 3 is 2.87 bits per heavy atom. The van der Waals surface area contributed by atoms with Gasteiger partial charge in [-0.15, -0.1) is 10.2 Å². The predicted molar refractivity (Wildman–Crippen MR) is 114 cm³/mol. The van der Waals surface area contributed by atoms with Crippen molar-refractivity contribution in [1.82, 2.24) is 19.9 Å². The molecule has 30 heavy (non-hydrogen) atoms. The van der Waals surface area contributed by atoms with E-state index in [0.717, 1.165) is 24.9 Å². The van der Waals surface area contributed by atoms with E-state index in [4.69, 9.17) is 21.1 Å². The Morgan fingerprint density at radius 2 is 2.07 bits per heavy atom. The molecule has 1 amide bonds. The Hall–Kier alpha value is -3.00. The number of amides is 1. The number of benzene rings is 1. The Kier molecular flexibility index (Phi) is 5.94. The molecule has 1 atom stereocenters. The van der Waals surface area contributed by atoms with Gasteiger partial charge in [-0.3, -0.25) is 9.20 Å². The molecule has 3 heterocycles. The normalized spacial score (nSPS) is 16.5. The number of methoxy groups -OCH3 is 2. The third-order valence-electron chi connectivity index (χ3n) is 5.36. The molecule has 0 bridgehead atoms. The van der Waals surface area contributed by atoms with Gasteiger partial charge >= 0.3 is 0 Å². The molecule has 1 saturated heterocycles. The highest BCUT2D eigenvalue weighted by Crippen LogP contribution is 2.28. The smallest absolute Gasteiger partial charge is 0.231 e. The lowest BCUT2D eigenvalue weighted by Gasteiger charge is -2.32. The number of piperidine rings is 1. The van der Waals surface area contributed by atoms with Crippen LogP contribution in [-0.4, -0.2) is 47.8 Å². The van der Waals surface area contributed by atoms with E-state index >= 15 is 0 Å². The van der Waals surface area contributed by atoms with E-state index in [1.54, 1.807) is 20.3 Å². The van der Waals surface area contributed by atoms with Gasteiger partial charge in [0.2, 0.25) is 11.9 Å². The van der Waals surface area contributed by atoms with Crippen LogP contribution in [0.3, 0.4) is 0 Å². The number of carbonyl (C=O) groups is 1. The molecule has 1 aromatic carbocycles. The first kappa shape index (κ1) is 20.3. The number of nitrogens with zero attached hydrogens (tertiary/aromatic N) is 4. The quantitative estimate of drug-likeness (QED) is 0.648. The number of hydrogen-bond acceptors (Lipinski definition) is 6. The summed E-state index contributed by atoms with van der Waals surface area (Å²) in [7, 11) is 3.19. The Bertz CT molecular complexity index is 1050. The van der Waals surface area contributed by atoms with Crippen molar-refractivity contribution < 1.29 is 14.3 Å². The van der Waals surface area contributed by atoms with Crippen LogP contribution in [0.15, 0.2) is 36.5 Å². The van der Waals surface area contributed by atoms with Crippen LogP contribution >= 0.6 is 11.6 Å². The van der Waals surface area contributed by atoms with Gasteiger partial charge in [-0.25, -0.2) is 0 Å². The van der Waals surface area contributed by atoms with Crippen molar-refractivity contribution in [3.05, 3.63) is 47.1 Å². The van der Waals surface area contributed by atoms with Gasteiger partial charge in [0.1, 0.15) is 0 Å². The van der Waals surface area contributed by atoms with Crippen molar-refractivity contribution in [3.63, 3.8) is 0 Å². The second kappa shape index (κ2) is 8.79. The van der Waals surface area contributed by atoms with Gasteiger partial charge in [0.15, 0.2) is 17.1 Å². The molecular weight excluding hydrogens is 406 g/mol. The zero-order chi connectivity index (χ0) is 21.1. The molecule has 9 heteroatoms. The Balaban J connectivity index is 1.42. The zero-order valence-electron chi connectivity index (χ0n) is 17.0. The van der Waals surface area contributed by atoms with Gasteiger partial charge in [0.25, 0.3) is 0 Å². The summed E-state index contributed by atoms with van der Waals surface area (Å²) in [4.78, 5) is 14.9. The van der Waals surface area contributed by atoms with Crippen molar-refractivity contribution in [2.45, 2.75) is 19.4 Å². The first-order chi connectivity index (χ1) is 14.6. The summed E-state index contributed by atoms with van der Waals surface area (Å²) >= 11 is 6.21. The fourth-order valence-electron chi connectivity index (χ4n) is 3.78. The van der Waals surface area contributed by atoms with E-state index in [-0.39, 0.29) is 11.8 Å². The highest BCUT2D eigenvalue weighted by molar-refractivity contribution is 6.33. The minimum absolute atomic E-state index is 0.0290. The second-order valence-corrected chi connectivity index (χ2v) is 7.65. The summed E-state index contributed by atoms with van der Waals surface area (Å²) in [5, 5.41) is 12.1. The summed E-state index contributed by atoms with van der Waals surface area (Å²) in [5.41, 5.74) is 1.57. The molecule has 1 aliphatic heterocycles. The van der Waals surface area contributed by atoms with Crippen LogP contribution in [0.1, 0.15) is 18.4 Å². The third-order valence-corrected chi connectivity index (χ3v) is 5.65. The van der Waals surface area contributed by atoms with E-state index in [1.807, 2.05) is 34.9 Å². The first-order valence-corrected chi connectivity index (χ1v) is 10.2. The van der Waals surface area contributed by atoms with E-state index in [1.165, 1.54) is 0 Å². The predicted octanol–water partition coefficient (Wildman–Crippen LogP) is 2.93. The SMILES string of the molecule is COc1ccc(CNC(=O)C2CCCN(c3nnc4c(Cl)cccn34)C2)cc1OC. The van der Waals surface area contributed by atoms with E-state index in [0.29, 0.717) is 41.2 Å². The molecule has 8 nitrogen and oxygen atoms in total. The van der Waals surface area contributed by atoms with E-state index in [9.17, 15) is 4.79 Å². The average Bonchev–Trinajstić information content (AvgIpc) is 3.23. The minimum atomic E-state index is -0.120. The van der Waals surface area contributed by atoms with Gasteiger partial charge in [-0.2, -0.15) is 0 Å². The lowest BCUT2D eigenvalue weighted by Crippen LogP contribution is -2.43. The monoisotopic (exact) mass is 429 g/mol. The number of nitrogens with one attached hydrogen (secondary N) is 1. The molecule has 158 valence electrons. The van der Waals surface area contributed by atoms with Crippen LogP contribution in [0.25, 0.3) is 5.65 Å².